The molecule has 0 bridgehead atoms. The predicted octanol–water partition coefficient (Wildman–Crippen LogP) is 0.235. The van der Waals surface area contributed by atoms with E-state index in [0.717, 1.165) is 0 Å². The molecule has 76 valence electrons. The summed E-state index contributed by atoms with van der Waals surface area (Å²) in [4.78, 5) is 25.4. The average Bonchev–Trinajstić information content (AvgIpc) is 2.29. The summed E-state index contributed by atoms with van der Waals surface area (Å²) in [6.45, 7) is 0. The fourth-order valence-electron chi connectivity index (χ4n) is 1.08. The van der Waals surface area contributed by atoms with Crippen molar-refractivity contribution in [3.8, 4) is 17.4 Å². The first-order valence-corrected chi connectivity index (χ1v) is 4.21. The highest BCUT2D eigenvalue weighted by Gasteiger charge is 2.03. The van der Waals surface area contributed by atoms with Gasteiger partial charge in [0.2, 0.25) is 5.88 Å². The van der Waals surface area contributed by atoms with Gasteiger partial charge in [-0.3, -0.25) is 4.79 Å². The molecule has 2 heterocycles. The molecule has 0 radical (unpaired) electrons. The minimum Gasteiger partial charge on any atom is -0.481 e. The van der Waals surface area contributed by atoms with Gasteiger partial charge in [-0.2, -0.15) is 0 Å². The number of methoxy groups -OCH3 is 1. The van der Waals surface area contributed by atoms with Crippen LogP contribution in [0.25, 0.3) is 11.5 Å². The van der Waals surface area contributed by atoms with Gasteiger partial charge in [-0.15, -0.1) is 0 Å². The van der Waals surface area contributed by atoms with E-state index >= 15 is 0 Å². The zero-order valence-corrected chi connectivity index (χ0v) is 7.97. The molecule has 2 rings (SSSR count). The second-order valence-corrected chi connectivity index (χ2v) is 2.73. The van der Waals surface area contributed by atoms with Crippen molar-refractivity contribution >= 4 is 0 Å². The normalized spacial score (nSPS) is 9.93. The Balaban J connectivity index is 2.49. The topological polar surface area (TPSA) is 80.8 Å². The number of hydrogen-bond donors (Lipinski definition) is 1. The molecular formula is C9H8N4O2. The Bertz CT molecular complexity index is 523. The Hall–Kier alpha value is -2.24. The van der Waals surface area contributed by atoms with Gasteiger partial charge in [-0.1, -0.05) is 0 Å². The van der Waals surface area contributed by atoms with Crippen LogP contribution in [0.3, 0.4) is 0 Å². The first-order valence-electron chi connectivity index (χ1n) is 4.21. The van der Waals surface area contributed by atoms with Crippen LogP contribution < -0.4 is 10.3 Å². The van der Waals surface area contributed by atoms with Crippen LogP contribution in [0.2, 0.25) is 0 Å². The highest BCUT2D eigenvalue weighted by Crippen LogP contribution is 2.13. The molecule has 0 aliphatic carbocycles. The number of aromatic nitrogens is 4. The van der Waals surface area contributed by atoms with E-state index in [-0.39, 0.29) is 5.56 Å². The monoisotopic (exact) mass is 204 g/mol. The lowest BCUT2D eigenvalue weighted by Gasteiger charge is -2.00. The minimum absolute atomic E-state index is 0.224. The largest absolute Gasteiger partial charge is 0.481 e. The lowest BCUT2D eigenvalue weighted by molar-refractivity contribution is 0.397. The maximum absolute atomic E-state index is 11.0. The van der Waals surface area contributed by atoms with E-state index in [1.807, 2.05) is 0 Å². The van der Waals surface area contributed by atoms with Crippen molar-refractivity contribution in [2.45, 2.75) is 0 Å². The molecule has 6 heteroatoms. The van der Waals surface area contributed by atoms with Gasteiger partial charge in [-0.25, -0.2) is 15.0 Å². The minimum atomic E-state index is -0.224. The molecule has 15 heavy (non-hydrogen) atoms. The predicted molar refractivity (Wildman–Crippen MR) is 52.4 cm³/mol. The fourth-order valence-corrected chi connectivity index (χ4v) is 1.08. The Kier molecular flexibility index (Phi) is 2.40. The molecular weight excluding hydrogens is 196 g/mol. The number of ether oxygens (including phenoxy) is 1. The average molecular weight is 204 g/mol. The molecule has 0 saturated carbocycles. The number of H-pyrrole nitrogens is 1. The molecule has 0 saturated heterocycles. The molecule has 0 atom stereocenters. The van der Waals surface area contributed by atoms with Crippen molar-refractivity contribution in [3.63, 3.8) is 0 Å². The van der Waals surface area contributed by atoms with E-state index in [2.05, 4.69) is 19.9 Å². The molecule has 0 fully saturated rings. The quantitative estimate of drug-likeness (QED) is 0.757. The van der Waals surface area contributed by atoms with Gasteiger partial charge in [0.15, 0.2) is 5.82 Å². The Labute approximate surface area is 85.0 Å². The highest BCUT2D eigenvalue weighted by molar-refractivity contribution is 5.49. The number of rotatable bonds is 2. The van der Waals surface area contributed by atoms with Crippen LogP contribution in [0.1, 0.15) is 0 Å². The first-order chi connectivity index (χ1) is 7.29. The van der Waals surface area contributed by atoms with Gasteiger partial charge in [-0.05, 0) is 0 Å². The summed E-state index contributed by atoms with van der Waals surface area (Å²) >= 11 is 0. The standard InChI is InChI=1S/C9H8N4O2/c1-15-8-4-6(11-5-12-8)9-10-3-2-7(14)13-9/h2-5H,1H3,(H,10,13,14). The number of hydrogen-bond acceptors (Lipinski definition) is 5. The smallest absolute Gasteiger partial charge is 0.251 e. The van der Waals surface area contributed by atoms with Gasteiger partial charge in [0.05, 0.1) is 7.11 Å². The molecule has 0 unspecified atom stereocenters. The van der Waals surface area contributed by atoms with Crippen LogP contribution in [0.15, 0.2) is 29.5 Å². The third-order valence-electron chi connectivity index (χ3n) is 1.76. The maximum Gasteiger partial charge on any atom is 0.251 e. The van der Waals surface area contributed by atoms with Crippen LogP contribution >= 0.6 is 0 Å². The van der Waals surface area contributed by atoms with E-state index in [4.69, 9.17) is 4.74 Å². The lowest BCUT2D eigenvalue weighted by atomic mass is 10.4. The molecule has 2 aromatic heterocycles. The van der Waals surface area contributed by atoms with Gasteiger partial charge >= 0.3 is 0 Å². The second kappa shape index (κ2) is 3.87. The Morgan fingerprint density at radius 1 is 1.33 bits per heavy atom. The number of nitrogens with one attached hydrogen (secondary N) is 1. The number of nitrogens with zero attached hydrogens (tertiary/aromatic N) is 3. The lowest BCUT2D eigenvalue weighted by Crippen LogP contribution is -2.06. The zero-order valence-electron chi connectivity index (χ0n) is 7.97. The van der Waals surface area contributed by atoms with Gasteiger partial charge in [0.25, 0.3) is 5.56 Å². The zero-order chi connectivity index (χ0) is 10.7. The Morgan fingerprint density at radius 2 is 2.20 bits per heavy atom. The van der Waals surface area contributed by atoms with Crippen molar-refractivity contribution in [1.29, 1.82) is 0 Å². The summed E-state index contributed by atoms with van der Waals surface area (Å²) in [6.07, 6.45) is 2.77. The van der Waals surface area contributed by atoms with Crippen LogP contribution in [0.5, 0.6) is 5.88 Å². The van der Waals surface area contributed by atoms with E-state index in [1.165, 1.54) is 25.7 Å². The van der Waals surface area contributed by atoms with E-state index < -0.39 is 0 Å². The van der Waals surface area contributed by atoms with E-state index in [9.17, 15) is 4.79 Å². The van der Waals surface area contributed by atoms with Crippen LogP contribution in [0.4, 0.5) is 0 Å². The summed E-state index contributed by atoms with van der Waals surface area (Å²) in [7, 11) is 1.51. The van der Waals surface area contributed by atoms with Crippen molar-refractivity contribution in [1.82, 2.24) is 19.9 Å². The van der Waals surface area contributed by atoms with Crippen molar-refractivity contribution in [2.24, 2.45) is 0 Å². The molecule has 0 aliphatic heterocycles. The molecule has 1 N–H and O–H groups in total. The summed E-state index contributed by atoms with van der Waals surface area (Å²) in [5.74, 6) is 0.815. The van der Waals surface area contributed by atoms with Crippen LogP contribution in [-0.4, -0.2) is 27.0 Å². The summed E-state index contributed by atoms with van der Waals surface area (Å²) < 4.78 is 4.94. The van der Waals surface area contributed by atoms with Crippen LogP contribution in [0, 0.1) is 0 Å². The van der Waals surface area contributed by atoms with Gasteiger partial charge in [0, 0.05) is 18.3 Å². The third-order valence-corrected chi connectivity index (χ3v) is 1.76. The molecule has 0 aliphatic rings. The fraction of sp³-hybridized carbons (Fsp3) is 0.111. The number of aromatic amines is 1. The summed E-state index contributed by atoms with van der Waals surface area (Å²) in [6, 6.07) is 2.93. The van der Waals surface area contributed by atoms with Crippen LogP contribution in [-0.2, 0) is 0 Å². The molecule has 0 spiro atoms. The SMILES string of the molecule is COc1cc(-c2nccc(=O)[nH]2)ncn1. The Morgan fingerprint density at radius 3 is 2.93 bits per heavy atom. The molecule has 6 nitrogen and oxygen atoms in total. The van der Waals surface area contributed by atoms with E-state index in [1.54, 1.807) is 6.07 Å². The molecule has 0 aromatic carbocycles. The van der Waals surface area contributed by atoms with Crippen molar-refractivity contribution < 1.29 is 4.74 Å². The van der Waals surface area contributed by atoms with Crippen molar-refractivity contribution in [2.75, 3.05) is 7.11 Å². The highest BCUT2D eigenvalue weighted by atomic mass is 16.5. The first kappa shape index (κ1) is 9.32. The van der Waals surface area contributed by atoms with E-state index in [0.29, 0.717) is 17.4 Å². The van der Waals surface area contributed by atoms with Gasteiger partial charge < -0.3 is 9.72 Å². The second-order valence-electron chi connectivity index (χ2n) is 2.73. The summed E-state index contributed by atoms with van der Waals surface area (Å²) in [5.41, 5.74) is 0.289. The summed E-state index contributed by atoms with van der Waals surface area (Å²) in [5, 5.41) is 0. The molecule has 2 aromatic rings. The van der Waals surface area contributed by atoms with Crippen molar-refractivity contribution in [3.05, 3.63) is 35.0 Å². The maximum atomic E-state index is 11.0. The van der Waals surface area contributed by atoms with Gasteiger partial charge in [0.1, 0.15) is 12.0 Å². The third kappa shape index (κ3) is 1.98. The molecule has 0 amide bonds.